The van der Waals surface area contributed by atoms with Crippen LogP contribution < -0.4 is 10.8 Å². The number of esters is 2. The Kier molecular flexibility index (Phi) is 8.58. The van der Waals surface area contributed by atoms with Crippen LogP contribution in [0.5, 0.6) is 0 Å². The second kappa shape index (κ2) is 11.1. The Labute approximate surface area is 175 Å². The molecule has 158 valence electrons. The van der Waals surface area contributed by atoms with Gasteiger partial charge in [-0.2, -0.15) is 0 Å². The molecule has 0 aliphatic heterocycles. The van der Waals surface area contributed by atoms with E-state index < -0.39 is 31.0 Å². The van der Waals surface area contributed by atoms with Gasteiger partial charge >= 0.3 is 19.1 Å². The van der Waals surface area contributed by atoms with Gasteiger partial charge in [-0.15, -0.1) is 0 Å². The molecule has 9 heteroatoms. The van der Waals surface area contributed by atoms with Gasteiger partial charge in [-0.1, -0.05) is 30.3 Å². The number of ether oxygens (including phenoxy) is 2. The highest BCUT2D eigenvalue weighted by molar-refractivity contribution is 6.61. The number of amides is 1. The number of carbonyl (C=O) groups is 3. The Morgan fingerprint density at radius 2 is 1.53 bits per heavy atom. The lowest BCUT2D eigenvalue weighted by molar-refractivity contribution is -0.142. The van der Waals surface area contributed by atoms with Crippen molar-refractivity contribution < 1.29 is 33.2 Å². The van der Waals surface area contributed by atoms with Gasteiger partial charge in [0.15, 0.2) is 0 Å². The Balaban J connectivity index is 2.16. The number of rotatable bonds is 9. The average Bonchev–Trinajstić information content (AvgIpc) is 2.79. The van der Waals surface area contributed by atoms with E-state index in [1.807, 2.05) is 24.3 Å². The van der Waals surface area contributed by atoms with E-state index in [1.54, 1.807) is 26.4 Å². The van der Waals surface area contributed by atoms with Crippen molar-refractivity contribution in [2.75, 3.05) is 28.4 Å². The van der Waals surface area contributed by atoms with Gasteiger partial charge in [-0.05, 0) is 29.2 Å². The van der Waals surface area contributed by atoms with Crippen LogP contribution in [0.4, 0.5) is 0 Å². The molecule has 1 N–H and O–H groups in total. The highest BCUT2D eigenvalue weighted by Crippen LogP contribution is 2.09. The lowest BCUT2D eigenvalue weighted by Crippen LogP contribution is -2.43. The van der Waals surface area contributed by atoms with Crippen molar-refractivity contribution in [2.45, 2.75) is 12.5 Å². The van der Waals surface area contributed by atoms with Crippen LogP contribution in [0.15, 0.2) is 48.5 Å². The average molecular weight is 413 g/mol. The molecule has 0 aliphatic rings. The molecular weight excluding hydrogens is 389 g/mol. The quantitative estimate of drug-likeness (QED) is 0.483. The lowest BCUT2D eigenvalue weighted by atomic mass is 9.78. The molecule has 0 heterocycles. The maximum atomic E-state index is 12.6. The standard InChI is InChI=1S/C21H24BNO7/c1-27-20(25)16-7-5-6-15(13-16)19(24)23-18(21(26)28-2)12-14-8-10-17(11-9-14)22(29-3)30-4/h5-11,13,18H,12H2,1-4H3,(H,23,24)/t18-/m1/s1. The van der Waals surface area contributed by atoms with Crippen LogP contribution in [0.2, 0.25) is 0 Å². The number of hydrogen-bond acceptors (Lipinski definition) is 7. The van der Waals surface area contributed by atoms with Crippen LogP contribution in [0.3, 0.4) is 0 Å². The summed E-state index contributed by atoms with van der Waals surface area (Å²) in [7, 11) is 5.11. The molecule has 2 aromatic carbocycles. The summed E-state index contributed by atoms with van der Waals surface area (Å²) in [4.78, 5) is 36.5. The highest BCUT2D eigenvalue weighted by Gasteiger charge is 2.24. The van der Waals surface area contributed by atoms with Crippen molar-refractivity contribution in [3.63, 3.8) is 0 Å². The monoisotopic (exact) mass is 413 g/mol. The normalized spacial score (nSPS) is 11.3. The first kappa shape index (κ1) is 23.1. The number of nitrogens with one attached hydrogen (secondary N) is 1. The highest BCUT2D eigenvalue weighted by atomic mass is 16.6. The van der Waals surface area contributed by atoms with E-state index in [4.69, 9.17) is 14.0 Å². The maximum absolute atomic E-state index is 12.6. The number of benzene rings is 2. The van der Waals surface area contributed by atoms with E-state index >= 15 is 0 Å². The molecule has 2 rings (SSSR count). The smallest absolute Gasteiger partial charge is 0.467 e. The van der Waals surface area contributed by atoms with Gasteiger partial charge in [0.1, 0.15) is 6.04 Å². The molecule has 0 saturated carbocycles. The second-order valence-corrected chi connectivity index (χ2v) is 6.37. The third-order valence-electron chi connectivity index (χ3n) is 4.46. The number of hydrogen-bond donors (Lipinski definition) is 1. The third-order valence-corrected chi connectivity index (χ3v) is 4.46. The molecule has 0 aliphatic carbocycles. The van der Waals surface area contributed by atoms with E-state index in [0.717, 1.165) is 11.0 Å². The van der Waals surface area contributed by atoms with Crippen LogP contribution in [-0.4, -0.2) is 59.4 Å². The first-order valence-electron chi connectivity index (χ1n) is 9.15. The fourth-order valence-corrected chi connectivity index (χ4v) is 2.90. The van der Waals surface area contributed by atoms with Crippen molar-refractivity contribution in [1.82, 2.24) is 5.32 Å². The van der Waals surface area contributed by atoms with E-state index in [-0.39, 0.29) is 17.5 Å². The molecule has 30 heavy (non-hydrogen) atoms. The largest absolute Gasteiger partial charge is 0.493 e. The minimum atomic E-state index is -0.907. The predicted molar refractivity (Wildman–Crippen MR) is 111 cm³/mol. The summed E-state index contributed by atoms with van der Waals surface area (Å²) in [5.74, 6) is -1.64. The minimum Gasteiger partial charge on any atom is -0.467 e. The zero-order valence-electron chi connectivity index (χ0n) is 17.3. The van der Waals surface area contributed by atoms with Crippen LogP contribution in [-0.2, 0) is 30.0 Å². The van der Waals surface area contributed by atoms with Crippen LogP contribution in [0.25, 0.3) is 0 Å². The first-order valence-corrected chi connectivity index (χ1v) is 9.15. The minimum absolute atomic E-state index is 0.222. The van der Waals surface area contributed by atoms with Crippen molar-refractivity contribution in [3.8, 4) is 0 Å². The van der Waals surface area contributed by atoms with Gasteiger partial charge in [0, 0.05) is 26.2 Å². The van der Waals surface area contributed by atoms with Crippen LogP contribution >= 0.6 is 0 Å². The molecule has 0 aromatic heterocycles. The molecule has 8 nitrogen and oxygen atoms in total. The molecule has 1 atom stereocenters. The SMILES string of the molecule is COB(OC)c1ccc(C[C@@H](NC(=O)c2cccc(C(=O)OC)c2)C(=O)OC)cc1. The summed E-state index contributed by atoms with van der Waals surface area (Å²) in [5.41, 5.74) is 2.09. The molecule has 0 spiro atoms. The Hall–Kier alpha value is -3.17. The van der Waals surface area contributed by atoms with Gasteiger partial charge in [0.2, 0.25) is 0 Å². The van der Waals surface area contributed by atoms with Crippen molar-refractivity contribution in [1.29, 1.82) is 0 Å². The molecule has 0 unspecified atom stereocenters. The molecule has 2 aromatic rings. The fraction of sp³-hybridized carbons (Fsp3) is 0.286. The second-order valence-electron chi connectivity index (χ2n) is 6.37. The van der Waals surface area contributed by atoms with Gasteiger partial charge in [-0.3, -0.25) is 4.79 Å². The van der Waals surface area contributed by atoms with Gasteiger partial charge < -0.3 is 24.1 Å². The summed E-state index contributed by atoms with van der Waals surface area (Å²) in [5, 5.41) is 2.66. The van der Waals surface area contributed by atoms with Gasteiger partial charge in [0.05, 0.1) is 19.8 Å². The predicted octanol–water partition coefficient (Wildman–Crippen LogP) is 0.975. The summed E-state index contributed by atoms with van der Waals surface area (Å²) >= 11 is 0. The lowest BCUT2D eigenvalue weighted by Gasteiger charge is -2.17. The van der Waals surface area contributed by atoms with Crippen molar-refractivity contribution >= 4 is 30.4 Å². The zero-order valence-corrected chi connectivity index (χ0v) is 17.3. The Morgan fingerprint density at radius 1 is 0.900 bits per heavy atom. The third kappa shape index (κ3) is 5.92. The van der Waals surface area contributed by atoms with Crippen LogP contribution in [0, 0.1) is 0 Å². The summed E-state index contributed by atoms with van der Waals surface area (Å²) in [6.45, 7) is 0. The summed E-state index contributed by atoms with van der Waals surface area (Å²) < 4.78 is 19.9. The Bertz CT molecular complexity index is 881. The molecule has 0 radical (unpaired) electrons. The number of methoxy groups -OCH3 is 2. The molecule has 1 amide bonds. The van der Waals surface area contributed by atoms with Crippen molar-refractivity contribution in [3.05, 3.63) is 65.2 Å². The fourth-order valence-electron chi connectivity index (χ4n) is 2.90. The van der Waals surface area contributed by atoms with E-state index in [0.29, 0.717) is 0 Å². The van der Waals surface area contributed by atoms with E-state index in [9.17, 15) is 14.4 Å². The molecule has 0 saturated heterocycles. The van der Waals surface area contributed by atoms with Crippen molar-refractivity contribution in [2.24, 2.45) is 0 Å². The first-order chi connectivity index (χ1) is 14.4. The van der Waals surface area contributed by atoms with E-state index in [1.165, 1.54) is 26.4 Å². The topological polar surface area (TPSA) is 100 Å². The molecule has 0 fully saturated rings. The summed E-state index contributed by atoms with van der Waals surface area (Å²) in [6.07, 6.45) is 0.222. The molecule has 0 bridgehead atoms. The van der Waals surface area contributed by atoms with Gasteiger partial charge in [0.25, 0.3) is 5.91 Å². The van der Waals surface area contributed by atoms with Gasteiger partial charge in [-0.25, -0.2) is 9.59 Å². The summed E-state index contributed by atoms with van der Waals surface area (Å²) in [6, 6.07) is 12.4. The van der Waals surface area contributed by atoms with E-state index in [2.05, 4.69) is 10.1 Å². The molecular formula is C21H24BNO7. The van der Waals surface area contributed by atoms with Crippen LogP contribution in [0.1, 0.15) is 26.3 Å². The number of carbonyl (C=O) groups excluding carboxylic acids is 3. The zero-order chi connectivity index (χ0) is 22.1. The maximum Gasteiger partial charge on any atom is 0.493 e. The Morgan fingerprint density at radius 3 is 2.10 bits per heavy atom.